The number of benzene rings is 2. The molecule has 0 fully saturated rings. The van der Waals surface area contributed by atoms with E-state index in [1.165, 1.54) is 6.07 Å². The highest BCUT2D eigenvalue weighted by molar-refractivity contribution is 5.62. The molecule has 2 aromatic carbocycles. The van der Waals surface area contributed by atoms with Gasteiger partial charge in [-0.15, -0.1) is 0 Å². The molecule has 0 aliphatic heterocycles. The highest BCUT2D eigenvalue weighted by Crippen LogP contribution is 2.32. The van der Waals surface area contributed by atoms with Crippen molar-refractivity contribution in [1.82, 2.24) is 0 Å². The third-order valence-corrected chi connectivity index (χ3v) is 3.15. The highest BCUT2D eigenvalue weighted by atomic mass is 16.6. The first kappa shape index (κ1) is 13.9. The minimum absolute atomic E-state index is 0.0290. The molecule has 2 aromatic rings. The summed E-state index contributed by atoms with van der Waals surface area (Å²) in [4.78, 5) is 10.6. The van der Waals surface area contributed by atoms with Crippen LogP contribution >= 0.6 is 0 Å². The topological polar surface area (TPSA) is 75.4 Å². The standard InChI is InChI=1S/C15H16N2O3/c1-2-12(11-7-3-6-10-15(11)18)16-13-8-4-5-9-14(13)17(19)20/h3-10,12,16,18H,2H2,1H3. The number of nitrogens with one attached hydrogen (secondary N) is 1. The van der Waals surface area contributed by atoms with Crippen molar-refractivity contribution in [1.29, 1.82) is 0 Å². The summed E-state index contributed by atoms with van der Waals surface area (Å²) in [6.45, 7) is 1.96. The van der Waals surface area contributed by atoms with Crippen molar-refractivity contribution < 1.29 is 10.0 Å². The molecule has 0 spiro atoms. The van der Waals surface area contributed by atoms with Crippen LogP contribution in [0.15, 0.2) is 48.5 Å². The number of hydrogen-bond acceptors (Lipinski definition) is 4. The average Bonchev–Trinajstić information content (AvgIpc) is 2.46. The van der Waals surface area contributed by atoms with Gasteiger partial charge in [0, 0.05) is 11.6 Å². The highest BCUT2D eigenvalue weighted by Gasteiger charge is 2.18. The molecule has 0 bridgehead atoms. The second-order valence-corrected chi connectivity index (χ2v) is 4.44. The lowest BCUT2D eigenvalue weighted by Gasteiger charge is -2.19. The summed E-state index contributed by atoms with van der Waals surface area (Å²) in [5.74, 6) is 0.186. The molecule has 0 aromatic heterocycles. The van der Waals surface area contributed by atoms with Crippen LogP contribution in [0.25, 0.3) is 0 Å². The predicted octanol–water partition coefficient (Wildman–Crippen LogP) is 3.86. The fourth-order valence-corrected chi connectivity index (χ4v) is 2.12. The number of nitrogens with zero attached hydrogens (tertiary/aromatic N) is 1. The summed E-state index contributed by atoms with van der Waals surface area (Å²) in [5, 5.41) is 24.0. The SMILES string of the molecule is CCC(Nc1ccccc1[N+](=O)[O-])c1ccccc1O. The molecule has 1 unspecified atom stereocenters. The van der Waals surface area contributed by atoms with Crippen molar-refractivity contribution in [3.05, 3.63) is 64.2 Å². The van der Waals surface area contributed by atoms with E-state index in [1.807, 2.05) is 19.1 Å². The van der Waals surface area contributed by atoms with Gasteiger partial charge in [0.15, 0.2) is 0 Å². The molecular weight excluding hydrogens is 256 g/mol. The molecule has 20 heavy (non-hydrogen) atoms. The summed E-state index contributed by atoms with van der Waals surface area (Å²) < 4.78 is 0. The zero-order valence-electron chi connectivity index (χ0n) is 11.1. The van der Waals surface area contributed by atoms with Gasteiger partial charge in [0.2, 0.25) is 0 Å². The number of aromatic hydroxyl groups is 1. The Hall–Kier alpha value is -2.56. The fourth-order valence-electron chi connectivity index (χ4n) is 2.12. The van der Waals surface area contributed by atoms with Gasteiger partial charge in [-0.1, -0.05) is 37.3 Å². The van der Waals surface area contributed by atoms with Crippen molar-refractivity contribution in [3.63, 3.8) is 0 Å². The maximum Gasteiger partial charge on any atom is 0.292 e. The number of rotatable bonds is 5. The lowest BCUT2D eigenvalue weighted by Crippen LogP contribution is -2.11. The average molecular weight is 272 g/mol. The molecule has 0 radical (unpaired) electrons. The molecule has 0 heterocycles. The molecule has 1 atom stereocenters. The van der Waals surface area contributed by atoms with E-state index in [-0.39, 0.29) is 17.5 Å². The van der Waals surface area contributed by atoms with E-state index >= 15 is 0 Å². The van der Waals surface area contributed by atoms with Gasteiger partial charge in [0.05, 0.1) is 11.0 Å². The molecule has 5 heteroatoms. The molecule has 5 nitrogen and oxygen atoms in total. The molecule has 0 aliphatic carbocycles. The number of hydrogen-bond donors (Lipinski definition) is 2. The summed E-state index contributed by atoms with van der Waals surface area (Å²) in [5.41, 5.74) is 1.21. The predicted molar refractivity (Wildman–Crippen MR) is 77.9 cm³/mol. The Labute approximate surface area is 117 Å². The smallest absolute Gasteiger partial charge is 0.292 e. The van der Waals surface area contributed by atoms with E-state index in [1.54, 1.807) is 30.3 Å². The van der Waals surface area contributed by atoms with Gasteiger partial charge >= 0.3 is 0 Å². The second-order valence-electron chi connectivity index (χ2n) is 4.44. The van der Waals surface area contributed by atoms with Crippen LogP contribution in [-0.2, 0) is 0 Å². The first-order valence-corrected chi connectivity index (χ1v) is 6.41. The van der Waals surface area contributed by atoms with E-state index in [0.717, 1.165) is 5.56 Å². The molecule has 0 aliphatic rings. The molecule has 0 amide bonds. The van der Waals surface area contributed by atoms with Crippen LogP contribution in [0.2, 0.25) is 0 Å². The van der Waals surface area contributed by atoms with Gasteiger partial charge in [-0.25, -0.2) is 0 Å². The van der Waals surface area contributed by atoms with E-state index in [2.05, 4.69) is 5.32 Å². The Morgan fingerprint density at radius 1 is 1.20 bits per heavy atom. The van der Waals surface area contributed by atoms with Crippen LogP contribution in [0.3, 0.4) is 0 Å². The summed E-state index contributed by atoms with van der Waals surface area (Å²) in [6, 6.07) is 13.3. The van der Waals surface area contributed by atoms with Crippen LogP contribution in [0.5, 0.6) is 5.75 Å². The fraction of sp³-hybridized carbons (Fsp3) is 0.200. The molecule has 2 N–H and O–H groups in total. The van der Waals surface area contributed by atoms with Crippen LogP contribution < -0.4 is 5.32 Å². The van der Waals surface area contributed by atoms with Crippen molar-refractivity contribution in [2.24, 2.45) is 0 Å². The van der Waals surface area contributed by atoms with Crippen LogP contribution in [0.1, 0.15) is 24.9 Å². The van der Waals surface area contributed by atoms with Crippen molar-refractivity contribution >= 4 is 11.4 Å². The number of phenols is 1. The molecular formula is C15H16N2O3. The second kappa shape index (κ2) is 6.06. The Morgan fingerprint density at radius 3 is 2.50 bits per heavy atom. The Kier molecular flexibility index (Phi) is 4.20. The summed E-state index contributed by atoms with van der Waals surface area (Å²) in [6.07, 6.45) is 0.698. The first-order valence-electron chi connectivity index (χ1n) is 6.41. The zero-order valence-corrected chi connectivity index (χ0v) is 11.1. The van der Waals surface area contributed by atoms with Gasteiger partial charge in [0.1, 0.15) is 11.4 Å². The van der Waals surface area contributed by atoms with E-state index in [0.29, 0.717) is 12.1 Å². The normalized spacial score (nSPS) is 11.8. The Balaban J connectivity index is 2.32. The number of phenolic OH excluding ortho intramolecular Hbond substituents is 1. The number of nitro benzene ring substituents is 1. The van der Waals surface area contributed by atoms with Gasteiger partial charge in [-0.2, -0.15) is 0 Å². The van der Waals surface area contributed by atoms with E-state index < -0.39 is 4.92 Å². The number of nitro groups is 1. The van der Waals surface area contributed by atoms with Gasteiger partial charge < -0.3 is 10.4 Å². The third-order valence-electron chi connectivity index (χ3n) is 3.15. The van der Waals surface area contributed by atoms with E-state index in [4.69, 9.17) is 0 Å². The maximum atomic E-state index is 11.0. The molecule has 2 rings (SSSR count). The van der Waals surface area contributed by atoms with Crippen LogP contribution in [-0.4, -0.2) is 10.0 Å². The lowest BCUT2D eigenvalue weighted by atomic mass is 10.0. The molecule has 104 valence electrons. The van der Waals surface area contributed by atoms with Crippen LogP contribution in [0, 0.1) is 10.1 Å². The summed E-state index contributed by atoms with van der Waals surface area (Å²) in [7, 11) is 0. The third kappa shape index (κ3) is 2.88. The largest absolute Gasteiger partial charge is 0.508 e. The first-order chi connectivity index (χ1) is 9.63. The maximum absolute atomic E-state index is 11.0. The quantitative estimate of drug-likeness (QED) is 0.640. The molecule has 0 saturated carbocycles. The lowest BCUT2D eigenvalue weighted by molar-refractivity contribution is -0.384. The van der Waals surface area contributed by atoms with Crippen LogP contribution in [0.4, 0.5) is 11.4 Å². The van der Waals surface area contributed by atoms with E-state index in [9.17, 15) is 15.2 Å². The van der Waals surface area contributed by atoms with Crippen molar-refractivity contribution in [3.8, 4) is 5.75 Å². The number of anilines is 1. The number of para-hydroxylation sites is 3. The molecule has 0 saturated heterocycles. The zero-order chi connectivity index (χ0) is 14.5. The Morgan fingerprint density at radius 2 is 1.85 bits per heavy atom. The van der Waals surface area contributed by atoms with Gasteiger partial charge in [-0.05, 0) is 18.6 Å². The van der Waals surface area contributed by atoms with Gasteiger partial charge in [-0.3, -0.25) is 10.1 Å². The summed E-state index contributed by atoms with van der Waals surface area (Å²) >= 11 is 0. The van der Waals surface area contributed by atoms with Gasteiger partial charge in [0.25, 0.3) is 5.69 Å². The minimum atomic E-state index is -0.417. The minimum Gasteiger partial charge on any atom is -0.508 e. The van der Waals surface area contributed by atoms with Crippen molar-refractivity contribution in [2.45, 2.75) is 19.4 Å². The van der Waals surface area contributed by atoms with Crippen molar-refractivity contribution in [2.75, 3.05) is 5.32 Å². The Bertz CT molecular complexity index is 614. The monoisotopic (exact) mass is 272 g/mol.